The van der Waals surface area contributed by atoms with Crippen molar-refractivity contribution in [2.24, 2.45) is 0 Å². The van der Waals surface area contributed by atoms with Crippen LogP contribution in [0.25, 0.3) is 10.9 Å². The van der Waals surface area contributed by atoms with E-state index in [1.807, 2.05) is 13.8 Å². The van der Waals surface area contributed by atoms with Gasteiger partial charge in [-0.3, -0.25) is 9.36 Å². The highest BCUT2D eigenvalue weighted by Gasteiger charge is 2.12. The molecule has 1 heterocycles. The Morgan fingerprint density at radius 2 is 2.21 bits per heavy atom. The van der Waals surface area contributed by atoms with Crippen LogP contribution in [0.5, 0.6) is 0 Å². The van der Waals surface area contributed by atoms with Crippen molar-refractivity contribution in [3.8, 4) is 0 Å². The highest BCUT2D eigenvalue weighted by Crippen LogP contribution is 2.22. The van der Waals surface area contributed by atoms with Gasteiger partial charge >= 0.3 is 0 Å². The fourth-order valence-corrected chi connectivity index (χ4v) is 3.27. The first-order valence-electron chi connectivity index (χ1n) is 7.66. The van der Waals surface area contributed by atoms with Gasteiger partial charge in [-0.2, -0.15) is 0 Å². The van der Waals surface area contributed by atoms with Crippen LogP contribution in [0.4, 0.5) is 0 Å². The smallest absolute Gasteiger partial charge is 0.262 e. The minimum absolute atomic E-state index is 0.0797. The summed E-state index contributed by atoms with van der Waals surface area (Å²) in [5.74, 6) is 0.489. The maximum absolute atomic E-state index is 12.8. The highest BCUT2D eigenvalue weighted by atomic mass is 35.5. The summed E-state index contributed by atoms with van der Waals surface area (Å²) in [6.45, 7) is 8.78. The van der Waals surface area contributed by atoms with E-state index in [0.29, 0.717) is 45.0 Å². The molecule has 0 atom stereocenters. The third kappa shape index (κ3) is 5.24. The number of fused-ring (bicyclic) bond motifs is 1. The number of nitrogens with zero attached hydrogens (tertiary/aromatic N) is 2. The number of rotatable bonds is 8. The molecule has 0 N–H and O–H groups in total. The SMILES string of the molecule is C=C(Cl)CSc1nc2cc(Cl)ccc2c(=O)n1CCCOC(C)C. The molecule has 0 aliphatic rings. The summed E-state index contributed by atoms with van der Waals surface area (Å²) < 4.78 is 7.22. The number of thioether (sulfide) groups is 1. The summed E-state index contributed by atoms with van der Waals surface area (Å²) >= 11 is 13.3. The second-order valence-electron chi connectivity index (χ2n) is 5.59. The van der Waals surface area contributed by atoms with Crippen LogP contribution in [0.15, 0.2) is 39.8 Å². The lowest BCUT2D eigenvalue weighted by Gasteiger charge is -2.14. The van der Waals surface area contributed by atoms with Gasteiger partial charge in [-0.05, 0) is 38.5 Å². The van der Waals surface area contributed by atoms with Gasteiger partial charge in [0.2, 0.25) is 0 Å². The molecule has 2 rings (SSSR count). The number of benzene rings is 1. The van der Waals surface area contributed by atoms with Crippen molar-refractivity contribution < 1.29 is 4.74 Å². The maximum atomic E-state index is 12.8. The Labute approximate surface area is 155 Å². The molecule has 0 spiro atoms. The zero-order valence-corrected chi connectivity index (χ0v) is 16.0. The molecule has 0 saturated carbocycles. The number of hydrogen-bond donors (Lipinski definition) is 0. The molecule has 0 fully saturated rings. The topological polar surface area (TPSA) is 44.1 Å². The highest BCUT2D eigenvalue weighted by molar-refractivity contribution is 7.99. The second kappa shape index (κ2) is 8.90. The number of hydrogen-bond acceptors (Lipinski definition) is 4. The molecule has 0 bridgehead atoms. The molecule has 2 aromatic rings. The Kier molecular flexibility index (Phi) is 7.16. The van der Waals surface area contributed by atoms with Crippen LogP contribution in [0.1, 0.15) is 20.3 Å². The molecule has 24 heavy (non-hydrogen) atoms. The lowest BCUT2D eigenvalue weighted by Crippen LogP contribution is -2.24. The quantitative estimate of drug-likeness (QED) is 0.374. The first-order valence-corrected chi connectivity index (χ1v) is 9.40. The van der Waals surface area contributed by atoms with E-state index in [-0.39, 0.29) is 11.7 Å². The van der Waals surface area contributed by atoms with Crippen molar-refractivity contribution in [1.82, 2.24) is 9.55 Å². The average molecular weight is 387 g/mol. The lowest BCUT2D eigenvalue weighted by atomic mass is 10.2. The van der Waals surface area contributed by atoms with Crippen molar-refractivity contribution in [3.63, 3.8) is 0 Å². The third-order valence-electron chi connectivity index (χ3n) is 3.22. The molecule has 0 saturated heterocycles. The van der Waals surface area contributed by atoms with E-state index in [4.69, 9.17) is 27.9 Å². The molecule has 0 unspecified atom stereocenters. The molecule has 7 heteroatoms. The minimum atomic E-state index is -0.0797. The van der Waals surface area contributed by atoms with E-state index < -0.39 is 0 Å². The van der Waals surface area contributed by atoms with Gasteiger partial charge in [0.25, 0.3) is 5.56 Å². The molecule has 1 aromatic heterocycles. The van der Waals surface area contributed by atoms with Crippen LogP contribution >= 0.6 is 35.0 Å². The largest absolute Gasteiger partial charge is 0.379 e. The first-order chi connectivity index (χ1) is 11.4. The summed E-state index contributed by atoms with van der Waals surface area (Å²) in [4.78, 5) is 17.4. The van der Waals surface area contributed by atoms with Gasteiger partial charge in [-0.25, -0.2) is 4.98 Å². The maximum Gasteiger partial charge on any atom is 0.262 e. The second-order valence-corrected chi connectivity index (χ2v) is 7.51. The van der Waals surface area contributed by atoms with Crippen LogP contribution in [0, 0.1) is 0 Å². The van der Waals surface area contributed by atoms with Crippen molar-refractivity contribution in [2.75, 3.05) is 12.4 Å². The average Bonchev–Trinajstić information content (AvgIpc) is 2.50. The van der Waals surface area contributed by atoms with E-state index in [9.17, 15) is 4.79 Å². The summed E-state index contributed by atoms with van der Waals surface area (Å²) in [6.07, 6.45) is 0.904. The number of ether oxygens (including phenoxy) is 1. The van der Waals surface area contributed by atoms with Crippen LogP contribution in [-0.2, 0) is 11.3 Å². The van der Waals surface area contributed by atoms with Gasteiger partial charge in [0.15, 0.2) is 5.16 Å². The molecule has 0 radical (unpaired) electrons. The summed E-state index contributed by atoms with van der Waals surface area (Å²) in [5.41, 5.74) is 0.508. The molecule has 4 nitrogen and oxygen atoms in total. The van der Waals surface area contributed by atoms with Gasteiger partial charge in [0.05, 0.1) is 17.0 Å². The van der Waals surface area contributed by atoms with E-state index in [0.717, 1.165) is 6.42 Å². The Balaban J connectivity index is 2.35. The standard InChI is InChI=1S/C17H20Cl2N2O2S/c1-11(2)23-8-4-7-21-16(22)14-6-5-13(19)9-15(14)20-17(21)24-10-12(3)18/h5-6,9,11H,3-4,7-8,10H2,1-2H3. The molecular formula is C17H20Cl2N2O2S. The fourth-order valence-electron chi connectivity index (χ4n) is 2.17. The summed E-state index contributed by atoms with van der Waals surface area (Å²) in [7, 11) is 0. The van der Waals surface area contributed by atoms with Crippen LogP contribution in [0.2, 0.25) is 5.02 Å². The molecule has 0 aliphatic carbocycles. The van der Waals surface area contributed by atoms with Crippen molar-refractivity contribution >= 4 is 45.9 Å². The minimum Gasteiger partial charge on any atom is -0.379 e. The molecule has 0 aliphatic heterocycles. The van der Waals surface area contributed by atoms with Gasteiger partial charge in [0.1, 0.15) is 0 Å². The van der Waals surface area contributed by atoms with Crippen LogP contribution in [-0.4, -0.2) is 28.0 Å². The van der Waals surface area contributed by atoms with Crippen molar-refractivity contribution in [2.45, 2.75) is 38.1 Å². The summed E-state index contributed by atoms with van der Waals surface area (Å²) in [6, 6.07) is 5.11. The predicted octanol–water partition coefficient (Wildman–Crippen LogP) is 4.71. The van der Waals surface area contributed by atoms with Gasteiger partial charge < -0.3 is 4.74 Å². The Bertz CT molecular complexity index is 790. The van der Waals surface area contributed by atoms with Crippen molar-refractivity contribution in [1.29, 1.82) is 0 Å². The Morgan fingerprint density at radius 1 is 1.46 bits per heavy atom. The first kappa shape index (κ1) is 19.3. The van der Waals surface area contributed by atoms with Crippen LogP contribution in [0.3, 0.4) is 0 Å². The van der Waals surface area contributed by atoms with E-state index in [2.05, 4.69) is 11.6 Å². The third-order valence-corrected chi connectivity index (χ3v) is 4.81. The van der Waals surface area contributed by atoms with Gasteiger partial charge in [-0.1, -0.05) is 41.5 Å². The number of aromatic nitrogens is 2. The van der Waals surface area contributed by atoms with E-state index in [1.165, 1.54) is 11.8 Å². The molecule has 130 valence electrons. The zero-order valence-electron chi connectivity index (χ0n) is 13.7. The molecular weight excluding hydrogens is 367 g/mol. The van der Waals surface area contributed by atoms with E-state index >= 15 is 0 Å². The Hall–Kier alpha value is -1.01. The number of halogens is 2. The zero-order chi connectivity index (χ0) is 17.7. The normalized spacial score (nSPS) is 11.4. The van der Waals surface area contributed by atoms with Gasteiger partial charge in [-0.15, -0.1) is 0 Å². The molecule has 1 aromatic carbocycles. The van der Waals surface area contributed by atoms with Crippen LogP contribution < -0.4 is 5.56 Å². The predicted molar refractivity (Wildman–Crippen MR) is 102 cm³/mol. The van der Waals surface area contributed by atoms with Gasteiger partial charge in [0, 0.05) is 29.0 Å². The fraction of sp³-hybridized carbons (Fsp3) is 0.412. The Morgan fingerprint density at radius 3 is 2.88 bits per heavy atom. The van der Waals surface area contributed by atoms with E-state index in [1.54, 1.807) is 22.8 Å². The molecule has 0 amide bonds. The lowest BCUT2D eigenvalue weighted by molar-refractivity contribution is 0.0743. The van der Waals surface area contributed by atoms with Crippen molar-refractivity contribution in [3.05, 3.63) is 45.2 Å². The summed E-state index contributed by atoms with van der Waals surface area (Å²) in [5, 5.41) is 2.23. The monoisotopic (exact) mass is 386 g/mol.